The molecule has 0 radical (unpaired) electrons. The van der Waals surface area contributed by atoms with E-state index in [0.717, 1.165) is 11.3 Å². The SMILES string of the molecule is O[C@@H]1C[C@H](NCc2cnn(-c3ccc(F)cc3)c2)[C@H]1n1cccn1. The van der Waals surface area contributed by atoms with Gasteiger partial charge in [0.1, 0.15) is 5.82 Å². The van der Waals surface area contributed by atoms with Crippen LogP contribution in [-0.2, 0) is 6.54 Å². The van der Waals surface area contributed by atoms with E-state index in [2.05, 4.69) is 15.5 Å². The lowest BCUT2D eigenvalue weighted by Crippen LogP contribution is -2.54. The van der Waals surface area contributed by atoms with Crippen molar-refractivity contribution in [1.82, 2.24) is 24.9 Å². The summed E-state index contributed by atoms with van der Waals surface area (Å²) in [6, 6.07) is 8.21. The Morgan fingerprint density at radius 1 is 1.25 bits per heavy atom. The number of nitrogens with one attached hydrogen (secondary N) is 1. The van der Waals surface area contributed by atoms with Crippen LogP contribution in [0.3, 0.4) is 0 Å². The van der Waals surface area contributed by atoms with Crippen LogP contribution < -0.4 is 5.32 Å². The highest BCUT2D eigenvalue weighted by Crippen LogP contribution is 2.32. The highest BCUT2D eigenvalue weighted by Gasteiger charge is 2.41. The zero-order valence-corrected chi connectivity index (χ0v) is 13.0. The standard InChI is InChI=1S/C17H18FN5O/c18-13-2-4-14(5-3-13)23-11-12(10-21-23)9-19-15-8-16(24)17(15)22-7-1-6-20-22/h1-7,10-11,15-17,19,24H,8-9H2/t15-,16+,17+/m0/s1. The number of aliphatic hydroxyl groups excluding tert-OH is 1. The predicted octanol–water partition coefficient (Wildman–Crippen LogP) is 1.67. The molecule has 1 saturated carbocycles. The maximum absolute atomic E-state index is 13.0. The molecule has 2 aromatic heterocycles. The fraction of sp³-hybridized carbons (Fsp3) is 0.294. The lowest BCUT2D eigenvalue weighted by atomic mass is 9.83. The van der Waals surface area contributed by atoms with Crippen LogP contribution in [0, 0.1) is 5.82 Å². The predicted molar refractivity (Wildman–Crippen MR) is 86.0 cm³/mol. The van der Waals surface area contributed by atoms with Gasteiger partial charge in [-0.25, -0.2) is 9.07 Å². The summed E-state index contributed by atoms with van der Waals surface area (Å²) in [6.45, 7) is 0.649. The van der Waals surface area contributed by atoms with Gasteiger partial charge >= 0.3 is 0 Å². The molecule has 0 unspecified atom stereocenters. The quantitative estimate of drug-likeness (QED) is 0.748. The summed E-state index contributed by atoms with van der Waals surface area (Å²) in [5.74, 6) is -0.263. The van der Waals surface area contributed by atoms with Gasteiger partial charge in [-0.2, -0.15) is 10.2 Å². The van der Waals surface area contributed by atoms with Crippen molar-refractivity contribution in [3.05, 3.63) is 66.5 Å². The molecular formula is C17H18FN5O. The van der Waals surface area contributed by atoms with Gasteiger partial charge in [-0.3, -0.25) is 4.68 Å². The first-order valence-electron chi connectivity index (χ1n) is 7.91. The molecule has 1 fully saturated rings. The minimum absolute atomic E-state index is 0.0351. The Kier molecular flexibility index (Phi) is 3.87. The topological polar surface area (TPSA) is 67.9 Å². The molecule has 3 aromatic rings. The Labute approximate surface area is 138 Å². The van der Waals surface area contributed by atoms with E-state index < -0.39 is 0 Å². The molecule has 124 valence electrons. The molecule has 1 aliphatic carbocycles. The van der Waals surface area contributed by atoms with Gasteiger partial charge in [0, 0.05) is 36.7 Å². The van der Waals surface area contributed by atoms with Gasteiger partial charge in [-0.1, -0.05) is 0 Å². The van der Waals surface area contributed by atoms with Gasteiger partial charge in [0.15, 0.2) is 0 Å². The molecular weight excluding hydrogens is 309 g/mol. The number of hydrogen-bond acceptors (Lipinski definition) is 4. The first kappa shape index (κ1) is 15.0. The molecule has 3 atom stereocenters. The van der Waals surface area contributed by atoms with Crippen LogP contribution in [0.5, 0.6) is 0 Å². The van der Waals surface area contributed by atoms with Crippen LogP contribution >= 0.6 is 0 Å². The minimum Gasteiger partial charge on any atom is -0.391 e. The van der Waals surface area contributed by atoms with E-state index in [-0.39, 0.29) is 24.0 Å². The summed E-state index contributed by atoms with van der Waals surface area (Å²) >= 11 is 0. The highest BCUT2D eigenvalue weighted by molar-refractivity contribution is 5.31. The summed E-state index contributed by atoms with van der Waals surface area (Å²) in [5, 5.41) is 21.9. The molecule has 4 rings (SSSR count). The zero-order valence-electron chi connectivity index (χ0n) is 13.0. The van der Waals surface area contributed by atoms with E-state index in [9.17, 15) is 9.50 Å². The molecule has 0 aliphatic heterocycles. The molecule has 2 heterocycles. The third-order valence-corrected chi connectivity index (χ3v) is 4.43. The van der Waals surface area contributed by atoms with Crippen molar-refractivity contribution >= 4 is 0 Å². The van der Waals surface area contributed by atoms with Crippen molar-refractivity contribution in [3.8, 4) is 5.69 Å². The molecule has 6 nitrogen and oxygen atoms in total. The molecule has 0 amide bonds. The van der Waals surface area contributed by atoms with Crippen LogP contribution in [0.4, 0.5) is 4.39 Å². The Hall–Kier alpha value is -2.51. The van der Waals surface area contributed by atoms with Crippen molar-refractivity contribution in [2.75, 3.05) is 0 Å². The summed E-state index contributed by atoms with van der Waals surface area (Å²) in [4.78, 5) is 0. The molecule has 0 saturated heterocycles. The van der Waals surface area contributed by atoms with Gasteiger partial charge in [-0.15, -0.1) is 0 Å². The summed E-state index contributed by atoms with van der Waals surface area (Å²) in [6.07, 6.45) is 7.62. The second-order valence-corrected chi connectivity index (χ2v) is 6.04. The molecule has 0 spiro atoms. The molecule has 0 bridgehead atoms. The van der Waals surface area contributed by atoms with Gasteiger partial charge in [0.05, 0.1) is 24.0 Å². The first-order valence-corrected chi connectivity index (χ1v) is 7.91. The monoisotopic (exact) mass is 327 g/mol. The van der Waals surface area contributed by atoms with E-state index in [1.165, 1.54) is 12.1 Å². The summed E-state index contributed by atoms with van der Waals surface area (Å²) in [7, 11) is 0. The number of aromatic nitrogens is 4. The number of hydrogen-bond donors (Lipinski definition) is 2. The third kappa shape index (κ3) is 2.83. The van der Waals surface area contributed by atoms with Crippen molar-refractivity contribution in [3.63, 3.8) is 0 Å². The minimum atomic E-state index is -0.371. The van der Waals surface area contributed by atoms with Gasteiger partial charge in [0.25, 0.3) is 0 Å². The van der Waals surface area contributed by atoms with Crippen molar-refractivity contribution in [1.29, 1.82) is 0 Å². The van der Waals surface area contributed by atoms with Crippen LogP contribution in [-0.4, -0.2) is 36.8 Å². The van der Waals surface area contributed by atoms with E-state index in [1.54, 1.807) is 33.9 Å². The number of nitrogens with zero attached hydrogens (tertiary/aromatic N) is 4. The van der Waals surface area contributed by atoms with E-state index >= 15 is 0 Å². The van der Waals surface area contributed by atoms with Crippen LogP contribution in [0.2, 0.25) is 0 Å². The van der Waals surface area contributed by atoms with Crippen LogP contribution in [0.15, 0.2) is 55.1 Å². The fourth-order valence-corrected chi connectivity index (χ4v) is 3.07. The average molecular weight is 327 g/mol. The largest absolute Gasteiger partial charge is 0.391 e. The van der Waals surface area contributed by atoms with Gasteiger partial charge < -0.3 is 10.4 Å². The Balaban J connectivity index is 1.39. The lowest BCUT2D eigenvalue weighted by molar-refractivity contribution is -0.00821. The van der Waals surface area contributed by atoms with E-state index in [0.29, 0.717) is 13.0 Å². The number of aliphatic hydroxyl groups is 1. The molecule has 24 heavy (non-hydrogen) atoms. The Morgan fingerprint density at radius 3 is 2.79 bits per heavy atom. The summed E-state index contributed by atoms with van der Waals surface area (Å²) in [5.41, 5.74) is 1.84. The van der Waals surface area contributed by atoms with Gasteiger partial charge in [-0.05, 0) is 36.8 Å². The second-order valence-electron chi connectivity index (χ2n) is 6.04. The number of halogens is 1. The van der Waals surface area contributed by atoms with Crippen LogP contribution in [0.25, 0.3) is 5.69 Å². The zero-order chi connectivity index (χ0) is 16.5. The summed E-state index contributed by atoms with van der Waals surface area (Å²) < 4.78 is 16.5. The van der Waals surface area contributed by atoms with E-state index in [1.807, 2.05) is 18.5 Å². The molecule has 1 aromatic carbocycles. The number of rotatable bonds is 5. The average Bonchev–Trinajstić information content (AvgIpc) is 3.24. The Morgan fingerprint density at radius 2 is 2.08 bits per heavy atom. The lowest BCUT2D eigenvalue weighted by Gasteiger charge is -2.42. The molecule has 7 heteroatoms. The van der Waals surface area contributed by atoms with Crippen molar-refractivity contribution < 1.29 is 9.50 Å². The van der Waals surface area contributed by atoms with Crippen molar-refractivity contribution in [2.24, 2.45) is 0 Å². The first-order chi connectivity index (χ1) is 11.7. The van der Waals surface area contributed by atoms with Crippen molar-refractivity contribution in [2.45, 2.75) is 31.2 Å². The maximum Gasteiger partial charge on any atom is 0.123 e. The van der Waals surface area contributed by atoms with E-state index in [4.69, 9.17) is 0 Å². The fourth-order valence-electron chi connectivity index (χ4n) is 3.07. The highest BCUT2D eigenvalue weighted by atomic mass is 19.1. The molecule has 2 N–H and O–H groups in total. The maximum atomic E-state index is 13.0. The second kappa shape index (κ2) is 6.18. The Bertz CT molecular complexity index is 799. The third-order valence-electron chi connectivity index (χ3n) is 4.43. The smallest absolute Gasteiger partial charge is 0.123 e. The normalized spacial score (nSPS) is 23.2. The number of benzene rings is 1. The van der Waals surface area contributed by atoms with Crippen LogP contribution in [0.1, 0.15) is 18.0 Å². The van der Waals surface area contributed by atoms with Gasteiger partial charge in [0.2, 0.25) is 0 Å². The molecule has 1 aliphatic rings.